The Morgan fingerprint density at radius 3 is 1.73 bits per heavy atom. The summed E-state index contributed by atoms with van der Waals surface area (Å²) in [6, 6.07) is 0. The molecule has 0 amide bonds. The highest BCUT2D eigenvalue weighted by Gasteiger charge is 2.22. The van der Waals surface area contributed by atoms with Gasteiger partial charge in [-0.15, -0.1) is 9.24 Å². The summed E-state index contributed by atoms with van der Waals surface area (Å²) >= 11 is 0. The minimum atomic E-state index is 0.663. The van der Waals surface area contributed by atoms with Crippen LogP contribution in [0.3, 0.4) is 0 Å². The molecule has 0 radical (unpaired) electrons. The molecule has 1 atom stereocenters. The van der Waals surface area contributed by atoms with Gasteiger partial charge in [-0.05, 0) is 24.4 Å². The molecule has 0 saturated carbocycles. The van der Waals surface area contributed by atoms with Crippen LogP contribution in [0.5, 0.6) is 0 Å². The minimum Gasteiger partial charge on any atom is -0.138 e. The molecule has 0 aliphatic heterocycles. The zero-order chi connectivity index (χ0) is 8.74. The maximum Gasteiger partial charge on any atom is -0.0305 e. The fourth-order valence-electron chi connectivity index (χ4n) is 1.76. The van der Waals surface area contributed by atoms with Crippen molar-refractivity contribution in [2.24, 2.45) is 5.41 Å². The largest absolute Gasteiger partial charge is 0.138 e. The van der Waals surface area contributed by atoms with Crippen LogP contribution in [-0.4, -0.2) is 6.16 Å². The molecule has 0 fully saturated rings. The van der Waals surface area contributed by atoms with Gasteiger partial charge < -0.3 is 0 Å². The molecule has 1 heteroatoms. The fraction of sp³-hybridized carbons (Fsp3) is 1.00. The number of hydrogen-bond acceptors (Lipinski definition) is 0. The van der Waals surface area contributed by atoms with E-state index in [-0.39, 0.29) is 0 Å². The van der Waals surface area contributed by atoms with E-state index in [9.17, 15) is 0 Å². The van der Waals surface area contributed by atoms with E-state index in [0.717, 1.165) is 0 Å². The first-order chi connectivity index (χ1) is 5.24. The highest BCUT2D eigenvalue weighted by atomic mass is 31.0. The van der Waals surface area contributed by atoms with Crippen LogP contribution in [0.2, 0.25) is 0 Å². The molecular formula is C10H23P. The molecule has 0 aromatic rings. The summed E-state index contributed by atoms with van der Waals surface area (Å²) in [7, 11) is 2.82. The summed E-state index contributed by atoms with van der Waals surface area (Å²) in [5, 5.41) is 0. The van der Waals surface area contributed by atoms with E-state index in [1.165, 1.54) is 38.3 Å². The van der Waals surface area contributed by atoms with E-state index in [4.69, 9.17) is 0 Å². The molecule has 0 N–H and O–H groups in total. The lowest BCUT2D eigenvalue weighted by atomic mass is 9.76. The SMILES string of the molecule is CCC(CC)(CC)CCCP. The second-order valence-corrected chi connectivity index (χ2v) is 4.03. The van der Waals surface area contributed by atoms with Crippen molar-refractivity contribution in [3.63, 3.8) is 0 Å². The van der Waals surface area contributed by atoms with E-state index in [1.807, 2.05) is 0 Å². The summed E-state index contributed by atoms with van der Waals surface area (Å²) in [5.74, 6) is 0. The second-order valence-electron chi connectivity index (χ2n) is 3.45. The minimum absolute atomic E-state index is 0.663. The fourth-order valence-corrected chi connectivity index (χ4v) is 1.96. The van der Waals surface area contributed by atoms with Crippen molar-refractivity contribution < 1.29 is 0 Å². The van der Waals surface area contributed by atoms with Gasteiger partial charge in [-0.25, -0.2) is 0 Å². The first kappa shape index (κ1) is 11.4. The van der Waals surface area contributed by atoms with Gasteiger partial charge in [0.05, 0.1) is 0 Å². The molecule has 11 heavy (non-hydrogen) atoms. The predicted molar refractivity (Wildman–Crippen MR) is 57.1 cm³/mol. The Labute approximate surface area is 74.4 Å². The quantitative estimate of drug-likeness (QED) is 0.536. The molecular weight excluding hydrogens is 151 g/mol. The van der Waals surface area contributed by atoms with Crippen LogP contribution in [-0.2, 0) is 0 Å². The van der Waals surface area contributed by atoms with Crippen molar-refractivity contribution in [2.75, 3.05) is 6.16 Å². The van der Waals surface area contributed by atoms with Crippen molar-refractivity contribution in [1.82, 2.24) is 0 Å². The topological polar surface area (TPSA) is 0 Å². The van der Waals surface area contributed by atoms with Crippen LogP contribution in [0.1, 0.15) is 52.9 Å². The van der Waals surface area contributed by atoms with Gasteiger partial charge in [0.25, 0.3) is 0 Å². The summed E-state index contributed by atoms with van der Waals surface area (Å²) in [6.45, 7) is 6.99. The number of hydrogen-bond donors (Lipinski definition) is 0. The Balaban J connectivity index is 3.84. The van der Waals surface area contributed by atoms with Gasteiger partial charge in [0, 0.05) is 0 Å². The van der Waals surface area contributed by atoms with Gasteiger partial charge >= 0.3 is 0 Å². The zero-order valence-corrected chi connectivity index (χ0v) is 9.47. The maximum atomic E-state index is 2.82. The van der Waals surface area contributed by atoms with Gasteiger partial charge in [-0.3, -0.25) is 0 Å². The highest BCUT2D eigenvalue weighted by Crippen LogP contribution is 2.35. The summed E-state index contributed by atoms with van der Waals surface area (Å²) in [6.07, 6.45) is 8.11. The van der Waals surface area contributed by atoms with Gasteiger partial charge in [-0.2, -0.15) is 0 Å². The van der Waals surface area contributed by atoms with Crippen LogP contribution < -0.4 is 0 Å². The summed E-state index contributed by atoms with van der Waals surface area (Å²) < 4.78 is 0. The lowest BCUT2D eigenvalue weighted by Crippen LogP contribution is -2.17. The molecule has 0 bridgehead atoms. The van der Waals surface area contributed by atoms with Gasteiger partial charge in [-0.1, -0.05) is 40.0 Å². The smallest absolute Gasteiger partial charge is 0.0305 e. The molecule has 0 saturated heterocycles. The molecule has 0 spiro atoms. The van der Waals surface area contributed by atoms with Crippen molar-refractivity contribution in [2.45, 2.75) is 52.9 Å². The van der Waals surface area contributed by atoms with Crippen LogP contribution in [0, 0.1) is 5.41 Å². The Morgan fingerprint density at radius 2 is 1.45 bits per heavy atom. The third kappa shape index (κ3) is 3.56. The zero-order valence-electron chi connectivity index (χ0n) is 8.32. The van der Waals surface area contributed by atoms with Crippen LogP contribution >= 0.6 is 9.24 Å². The normalized spacial score (nSPS) is 12.0. The molecule has 0 heterocycles. The third-order valence-corrected chi connectivity index (χ3v) is 3.57. The lowest BCUT2D eigenvalue weighted by Gasteiger charge is -2.30. The lowest BCUT2D eigenvalue weighted by molar-refractivity contribution is 0.227. The summed E-state index contributed by atoms with van der Waals surface area (Å²) in [4.78, 5) is 0. The summed E-state index contributed by atoms with van der Waals surface area (Å²) in [5.41, 5.74) is 0.663. The molecule has 0 aromatic carbocycles. The molecule has 0 aliphatic carbocycles. The molecule has 0 aromatic heterocycles. The van der Waals surface area contributed by atoms with Crippen LogP contribution in [0.15, 0.2) is 0 Å². The van der Waals surface area contributed by atoms with Crippen molar-refractivity contribution >= 4 is 9.24 Å². The molecule has 0 aliphatic rings. The second kappa shape index (κ2) is 6.00. The molecule has 1 unspecified atom stereocenters. The highest BCUT2D eigenvalue weighted by molar-refractivity contribution is 7.16. The van der Waals surface area contributed by atoms with Crippen LogP contribution in [0.25, 0.3) is 0 Å². The van der Waals surface area contributed by atoms with Crippen molar-refractivity contribution in [3.05, 3.63) is 0 Å². The van der Waals surface area contributed by atoms with E-state index in [1.54, 1.807) is 0 Å². The average molecular weight is 174 g/mol. The van der Waals surface area contributed by atoms with E-state index < -0.39 is 0 Å². The Morgan fingerprint density at radius 1 is 1.00 bits per heavy atom. The molecule has 0 rings (SSSR count). The van der Waals surface area contributed by atoms with Crippen LogP contribution in [0.4, 0.5) is 0 Å². The monoisotopic (exact) mass is 174 g/mol. The molecule has 0 nitrogen and oxygen atoms in total. The maximum absolute atomic E-state index is 2.82. The van der Waals surface area contributed by atoms with Gasteiger partial charge in [0.15, 0.2) is 0 Å². The van der Waals surface area contributed by atoms with E-state index in [0.29, 0.717) is 5.41 Å². The van der Waals surface area contributed by atoms with Gasteiger partial charge in [0.2, 0.25) is 0 Å². The Bertz CT molecular complexity index is 76.6. The molecule has 68 valence electrons. The Kier molecular flexibility index (Phi) is 6.24. The van der Waals surface area contributed by atoms with Gasteiger partial charge in [0.1, 0.15) is 0 Å². The number of rotatable bonds is 6. The van der Waals surface area contributed by atoms with E-state index in [2.05, 4.69) is 30.0 Å². The van der Waals surface area contributed by atoms with E-state index >= 15 is 0 Å². The first-order valence-corrected chi connectivity index (χ1v) is 5.76. The first-order valence-electron chi connectivity index (χ1n) is 4.94. The Hall–Kier alpha value is 0.430. The van der Waals surface area contributed by atoms with Crippen molar-refractivity contribution in [3.8, 4) is 0 Å². The van der Waals surface area contributed by atoms with Crippen molar-refractivity contribution in [1.29, 1.82) is 0 Å². The predicted octanol–water partition coefficient (Wildman–Crippen LogP) is 3.86. The third-order valence-electron chi connectivity index (χ3n) is 3.16. The standard InChI is InChI=1S/C10H23P/c1-4-10(5-2,6-3)8-7-9-11/h4-9,11H2,1-3H3. The average Bonchev–Trinajstić information content (AvgIpc) is 2.08.